The highest BCUT2D eigenvalue weighted by molar-refractivity contribution is 7.99. The smallest absolute Gasteiger partial charge is 0.230 e. The van der Waals surface area contributed by atoms with Crippen LogP contribution in [0.2, 0.25) is 0 Å². The van der Waals surface area contributed by atoms with Crippen molar-refractivity contribution in [3.63, 3.8) is 0 Å². The van der Waals surface area contributed by atoms with E-state index in [1.807, 2.05) is 6.92 Å². The third kappa shape index (κ3) is 4.86. The Morgan fingerprint density at radius 3 is 2.70 bits per heavy atom. The molecule has 1 aliphatic heterocycles. The Morgan fingerprint density at radius 2 is 2.07 bits per heavy atom. The third-order valence-electron chi connectivity index (χ3n) is 4.55. The number of hydrogen-bond donors (Lipinski definition) is 1. The SMILES string of the molecule is CC(NC(=O)CSc1nnc(C2CCS(=O)(=O)C2)n1C)c1ccc(F)cc1. The first kappa shape index (κ1) is 19.8. The molecule has 1 aliphatic rings. The van der Waals surface area contributed by atoms with Crippen LogP contribution in [0.3, 0.4) is 0 Å². The fraction of sp³-hybridized carbons (Fsp3) is 0.471. The van der Waals surface area contributed by atoms with Crippen LogP contribution >= 0.6 is 11.8 Å². The standard InChI is InChI=1S/C17H21FN4O3S2/c1-11(12-3-5-14(18)6-4-12)19-15(23)9-26-17-21-20-16(22(17)2)13-7-8-27(24,25)10-13/h3-6,11,13H,7-10H2,1-2H3,(H,19,23). The van der Waals surface area contributed by atoms with E-state index >= 15 is 0 Å². The quantitative estimate of drug-likeness (QED) is 0.728. The zero-order valence-electron chi connectivity index (χ0n) is 15.1. The predicted molar refractivity (Wildman–Crippen MR) is 101 cm³/mol. The van der Waals surface area contributed by atoms with Gasteiger partial charge in [0.2, 0.25) is 5.91 Å². The first-order chi connectivity index (χ1) is 12.7. The average molecular weight is 413 g/mol. The predicted octanol–water partition coefficient (Wildman–Crippen LogP) is 1.83. The monoisotopic (exact) mass is 412 g/mol. The number of thioether (sulfide) groups is 1. The Bertz CT molecular complexity index is 928. The second-order valence-corrected chi connectivity index (χ2v) is 9.80. The van der Waals surface area contributed by atoms with Gasteiger partial charge < -0.3 is 9.88 Å². The van der Waals surface area contributed by atoms with E-state index in [-0.39, 0.29) is 40.9 Å². The number of aromatic nitrogens is 3. The normalized spacial score (nSPS) is 19.7. The molecule has 146 valence electrons. The minimum Gasteiger partial charge on any atom is -0.349 e. The van der Waals surface area contributed by atoms with Gasteiger partial charge in [0.05, 0.1) is 23.3 Å². The van der Waals surface area contributed by atoms with Crippen molar-refractivity contribution < 1.29 is 17.6 Å². The molecule has 7 nitrogen and oxygen atoms in total. The van der Waals surface area contributed by atoms with Gasteiger partial charge in [0.1, 0.15) is 11.6 Å². The van der Waals surface area contributed by atoms with Crippen LogP contribution in [0.5, 0.6) is 0 Å². The summed E-state index contributed by atoms with van der Waals surface area (Å²) in [6.45, 7) is 1.83. The summed E-state index contributed by atoms with van der Waals surface area (Å²) in [5.41, 5.74) is 0.818. The lowest BCUT2D eigenvalue weighted by Gasteiger charge is -2.14. The molecule has 3 rings (SSSR count). The van der Waals surface area contributed by atoms with Gasteiger partial charge in [0.25, 0.3) is 0 Å². The summed E-state index contributed by atoms with van der Waals surface area (Å²) >= 11 is 1.24. The molecule has 0 spiro atoms. The summed E-state index contributed by atoms with van der Waals surface area (Å²) in [5, 5.41) is 11.6. The first-order valence-electron chi connectivity index (χ1n) is 8.52. The summed E-state index contributed by atoms with van der Waals surface area (Å²) in [6.07, 6.45) is 0.550. The maximum absolute atomic E-state index is 13.0. The Balaban J connectivity index is 1.55. The molecular formula is C17H21FN4O3S2. The maximum Gasteiger partial charge on any atom is 0.230 e. The molecule has 0 saturated carbocycles. The molecule has 0 bridgehead atoms. The van der Waals surface area contributed by atoms with Crippen molar-refractivity contribution in [3.05, 3.63) is 41.5 Å². The summed E-state index contributed by atoms with van der Waals surface area (Å²) in [5.74, 6) is 0.426. The van der Waals surface area contributed by atoms with Gasteiger partial charge in [-0.3, -0.25) is 4.79 Å². The number of rotatable bonds is 6. The van der Waals surface area contributed by atoms with E-state index in [1.54, 1.807) is 23.7 Å². The van der Waals surface area contributed by atoms with Crippen LogP contribution in [0, 0.1) is 5.82 Å². The van der Waals surface area contributed by atoms with Crippen molar-refractivity contribution in [1.29, 1.82) is 0 Å². The number of carbonyl (C=O) groups excluding carboxylic acids is 1. The molecule has 2 unspecified atom stereocenters. The highest BCUT2D eigenvalue weighted by Gasteiger charge is 2.32. The zero-order chi connectivity index (χ0) is 19.6. The molecule has 1 N–H and O–H groups in total. The van der Waals surface area contributed by atoms with Crippen LogP contribution in [0.1, 0.15) is 36.7 Å². The van der Waals surface area contributed by atoms with Crippen LogP contribution < -0.4 is 5.32 Å². The summed E-state index contributed by atoms with van der Waals surface area (Å²) in [6, 6.07) is 5.75. The van der Waals surface area contributed by atoms with Crippen LogP contribution in [-0.4, -0.2) is 46.3 Å². The van der Waals surface area contributed by atoms with Gasteiger partial charge in [-0.25, -0.2) is 12.8 Å². The largest absolute Gasteiger partial charge is 0.349 e. The Labute approximate surface area is 161 Å². The summed E-state index contributed by atoms with van der Waals surface area (Å²) in [4.78, 5) is 12.2. The van der Waals surface area contributed by atoms with Gasteiger partial charge in [-0.1, -0.05) is 23.9 Å². The zero-order valence-corrected chi connectivity index (χ0v) is 16.7. The Hall–Kier alpha value is -1.94. The average Bonchev–Trinajstić information content (AvgIpc) is 3.15. The number of amides is 1. The molecule has 2 atom stereocenters. The number of hydrogen-bond acceptors (Lipinski definition) is 6. The number of benzene rings is 1. The molecule has 1 aromatic heterocycles. The van der Waals surface area contributed by atoms with Crippen molar-refractivity contribution in [3.8, 4) is 0 Å². The van der Waals surface area contributed by atoms with Crippen molar-refractivity contribution in [1.82, 2.24) is 20.1 Å². The van der Waals surface area contributed by atoms with Crippen molar-refractivity contribution in [2.45, 2.75) is 30.5 Å². The fourth-order valence-electron chi connectivity index (χ4n) is 3.05. The Kier molecular flexibility index (Phi) is 5.85. The van der Waals surface area contributed by atoms with Gasteiger partial charge in [-0.2, -0.15) is 0 Å². The van der Waals surface area contributed by atoms with Gasteiger partial charge in [-0.15, -0.1) is 10.2 Å². The molecule has 1 saturated heterocycles. The lowest BCUT2D eigenvalue weighted by Crippen LogP contribution is -2.28. The van der Waals surface area contributed by atoms with Crippen molar-refractivity contribution in [2.24, 2.45) is 7.05 Å². The lowest BCUT2D eigenvalue weighted by atomic mass is 10.1. The second kappa shape index (κ2) is 7.97. The number of sulfone groups is 1. The first-order valence-corrected chi connectivity index (χ1v) is 11.3. The van der Waals surface area contributed by atoms with Crippen molar-refractivity contribution in [2.75, 3.05) is 17.3 Å². The highest BCUT2D eigenvalue weighted by Crippen LogP contribution is 2.29. The Morgan fingerprint density at radius 1 is 1.37 bits per heavy atom. The molecule has 0 radical (unpaired) electrons. The minimum atomic E-state index is -2.99. The number of halogens is 1. The third-order valence-corrected chi connectivity index (χ3v) is 7.33. The molecule has 10 heteroatoms. The summed E-state index contributed by atoms with van der Waals surface area (Å²) in [7, 11) is -1.22. The van der Waals surface area contributed by atoms with E-state index in [1.165, 1.54) is 23.9 Å². The van der Waals surface area contributed by atoms with Crippen LogP contribution in [0.15, 0.2) is 29.4 Å². The molecule has 2 aromatic rings. The van der Waals surface area contributed by atoms with Crippen molar-refractivity contribution >= 4 is 27.5 Å². The topological polar surface area (TPSA) is 94.0 Å². The van der Waals surface area contributed by atoms with E-state index in [0.29, 0.717) is 17.4 Å². The molecule has 1 fully saturated rings. The van der Waals surface area contributed by atoms with Gasteiger partial charge in [-0.05, 0) is 31.0 Å². The van der Waals surface area contributed by atoms with E-state index in [2.05, 4.69) is 15.5 Å². The highest BCUT2D eigenvalue weighted by atomic mass is 32.2. The van der Waals surface area contributed by atoms with E-state index in [0.717, 1.165) is 5.56 Å². The number of nitrogens with one attached hydrogen (secondary N) is 1. The summed E-state index contributed by atoms with van der Waals surface area (Å²) < 4.78 is 38.0. The van der Waals surface area contributed by atoms with Crippen LogP contribution in [-0.2, 0) is 21.7 Å². The van der Waals surface area contributed by atoms with E-state index in [4.69, 9.17) is 0 Å². The van der Waals surface area contributed by atoms with E-state index < -0.39 is 9.84 Å². The molecule has 1 amide bonds. The van der Waals surface area contributed by atoms with Gasteiger partial charge >= 0.3 is 0 Å². The molecular weight excluding hydrogens is 391 g/mol. The molecule has 2 heterocycles. The second-order valence-electron chi connectivity index (χ2n) is 6.63. The lowest BCUT2D eigenvalue weighted by molar-refractivity contribution is -0.119. The van der Waals surface area contributed by atoms with E-state index in [9.17, 15) is 17.6 Å². The molecule has 1 aromatic carbocycles. The molecule has 27 heavy (non-hydrogen) atoms. The maximum atomic E-state index is 13.0. The fourth-order valence-corrected chi connectivity index (χ4v) is 5.52. The minimum absolute atomic E-state index is 0.0965. The van der Waals surface area contributed by atoms with Crippen LogP contribution in [0.25, 0.3) is 0 Å². The number of carbonyl (C=O) groups is 1. The van der Waals surface area contributed by atoms with Gasteiger partial charge in [0.15, 0.2) is 15.0 Å². The van der Waals surface area contributed by atoms with Crippen LogP contribution in [0.4, 0.5) is 4.39 Å². The molecule has 0 aliphatic carbocycles. The number of nitrogens with zero attached hydrogens (tertiary/aromatic N) is 3. The van der Waals surface area contributed by atoms with Gasteiger partial charge in [0, 0.05) is 13.0 Å².